The maximum Gasteiger partial charge on any atom is 0.268 e. The Morgan fingerprint density at radius 1 is 1.47 bits per heavy atom. The number of hydrogen-bond donors (Lipinski definition) is 3. The molecular formula is C9H15N3O3. The van der Waals surface area contributed by atoms with Gasteiger partial charge in [-0.15, -0.1) is 0 Å². The summed E-state index contributed by atoms with van der Waals surface area (Å²) in [7, 11) is 0. The van der Waals surface area contributed by atoms with E-state index < -0.39 is 6.04 Å². The van der Waals surface area contributed by atoms with E-state index >= 15 is 0 Å². The van der Waals surface area contributed by atoms with Gasteiger partial charge >= 0.3 is 0 Å². The smallest absolute Gasteiger partial charge is 0.268 e. The molecule has 15 heavy (non-hydrogen) atoms. The lowest BCUT2D eigenvalue weighted by Crippen LogP contribution is -2.51. The first-order valence-corrected chi connectivity index (χ1v) is 5.23. The first-order valence-electron chi connectivity index (χ1n) is 5.23. The predicted octanol–water partition coefficient (Wildman–Crippen LogP) is -1.33. The summed E-state index contributed by atoms with van der Waals surface area (Å²) in [6.45, 7) is 1.07. The zero-order valence-corrected chi connectivity index (χ0v) is 8.41. The van der Waals surface area contributed by atoms with E-state index in [1.165, 1.54) is 0 Å². The molecule has 0 aromatic rings. The van der Waals surface area contributed by atoms with Crippen molar-refractivity contribution in [3.05, 3.63) is 0 Å². The molecule has 0 unspecified atom stereocenters. The molecule has 0 aliphatic carbocycles. The third-order valence-corrected chi connectivity index (χ3v) is 2.68. The number of hydrogen-bond acceptors (Lipinski definition) is 4. The molecule has 0 spiro atoms. The van der Waals surface area contributed by atoms with E-state index in [1.54, 1.807) is 0 Å². The van der Waals surface area contributed by atoms with Crippen LogP contribution in [0, 0.1) is 0 Å². The van der Waals surface area contributed by atoms with Gasteiger partial charge in [0.05, 0.1) is 6.04 Å². The van der Waals surface area contributed by atoms with Gasteiger partial charge in [0.15, 0.2) is 0 Å². The van der Waals surface area contributed by atoms with Gasteiger partial charge in [0.1, 0.15) is 12.6 Å². The molecule has 2 aliphatic heterocycles. The average Bonchev–Trinajstić information content (AvgIpc) is 2.66. The first-order chi connectivity index (χ1) is 7.27. The molecule has 0 radical (unpaired) electrons. The van der Waals surface area contributed by atoms with Crippen LogP contribution in [0.5, 0.6) is 0 Å². The molecule has 2 saturated heterocycles. The molecular weight excluding hydrogens is 198 g/mol. The monoisotopic (exact) mass is 213 g/mol. The van der Waals surface area contributed by atoms with Crippen LogP contribution < -0.4 is 16.1 Å². The van der Waals surface area contributed by atoms with Gasteiger partial charge in [0.25, 0.3) is 5.91 Å². The highest BCUT2D eigenvalue weighted by Gasteiger charge is 2.30. The molecule has 2 amide bonds. The van der Waals surface area contributed by atoms with Gasteiger partial charge in [0.2, 0.25) is 5.91 Å². The quantitative estimate of drug-likeness (QED) is 0.531. The Hall–Kier alpha value is -1.14. The Morgan fingerprint density at radius 3 is 2.93 bits per heavy atom. The second-order valence-corrected chi connectivity index (χ2v) is 3.84. The Morgan fingerprint density at radius 2 is 2.33 bits per heavy atom. The van der Waals surface area contributed by atoms with E-state index in [0.29, 0.717) is 0 Å². The van der Waals surface area contributed by atoms with E-state index in [-0.39, 0.29) is 24.5 Å². The van der Waals surface area contributed by atoms with E-state index in [9.17, 15) is 9.59 Å². The van der Waals surface area contributed by atoms with Crippen LogP contribution in [0.15, 0.2) is 0 Å². The molecule has 0 saturated carbocycles. The van der Waals surface area contributed by atoms with Crippen molar-refractivity contribution in [3.63, 3.8) is 0 Å². The topological polar surface area (TPSA) is 79.5 Å². The summed E-state index contributed by atoms with van der Waals surface area (Å²) >= 11 is 0. The van der Waals surface area contributed by atoms with Crippen LogP contribution in [-0.2, 0) is 14.4 Å². The molecule has 84 valence electrons. The van der Waals surface area contributed by atoms with Gasteiger partial charge in [-0.1, -0.05) is 6.42 Å². The van der Waals surface area contributed by atoms with Crippen LogP contribution in [0.4, 0.5) is 0 Å². The van der Waals surface area contributed by atoms with Gasteiger partial charge in [-0.2, -0.15) is 0 Å². The SMILES string of the molecule is O=C(N[C@@H]1CONC1=O)[C@H]1CCCCN1. The number of piperidine rings is 1. The maximum absolute atomic E-state index is 11.7. The fraction of sp³-hybridized carbons (Fsp3) is 0.778. The van der Waals surface area contributed by atoms with E-state index in [4.69, 9.17) is 4.84 Å². The summed E-state index contributed by atoms with van der Waals surface area (Å²) in [4.78, 5) is 27.5. The number of nitrogens with one attached hydrogen (secondary N) is 3. The molecule has 2 atom stereocenters. The van der Waals surface area contributed by atoms with E-state index in [2.05, 4.69) is 16.1 Å². The summed E-state index contributed by atoms with van der Waals surface area (Å²) in [6.07, 6.45) is 3.00. The molecule has 0 aromatic carbocycles. The molecule has 0 bridgehead atoms. The Bertz CT molecular complexity index is 263. The van der Waals surface area contributed by atoms with E-state index in [1.807, 2.05) is 0 Å². The van der Waals surface area contributed by atoms with Crippen molar-refractivity contribution < 1.29 is 14.4 Å². The number of carbonyl (C=O) groups is 2. The number of rotatable bonds is 2. The highest BCUT2D eigenvalue weighted by atomic mass is 16.7. The minimum absolute atomic E-state index is 0.111. The maximum atomic E-state index is 11.7. The van der Waals surface area contributed by atoms with Crippen molar-refractivity contribution in [1.82, 2.24) is 16.1 Å². The third-order valence-electron chi connectivity index (χ3n) is 2.68. The summed E-state index contributed by atoms with van der Waals surface area (Å²) in [6, 6.07) is -0.701. The molecule has 2 rings (SSSR count). The fourth-order valence-electron chi connectivity index (χ4n) is 1.80. The van der Waals surface area contributed by atoms with Gasteiger partial charge < -0.3 is 10.6 Å². The highest BCUT2D eigenvalue weighted by Crippen LogP contribution is 2.07. The normalized spacial score (nSPS) is 31.1. The van der Waals surface area contributed by atoms with E-state index in [0.717, 1.165) is 25.8 Å². The summed E-state index contributed by atoms with van der Waals surface area (Å²) < 4.78 is 0. The molecule has 2 heterocycles. The van der Waals surface area contributed by atoms with Gasteiger partial charge in [0, 0.05) is 0 Å². The predicted molar refractivity (Wildman–Crippen MR) is 51.7 cm³/mol. The minimum Gasteiger partial charge on any atom is -0.341 e. The zero-order chi connectivity index (χ0) is 10.7. The van der Waals surface area contributed by atoms with Crippen molar-refractivity contribution in [2.75, 3.05) is 13.2 Å². The van der Waals surface area contributed by atoms with Crippen molar-refractivity contribution in [2.24, 2.45) is 0 Å². The van der Waals surface area contributed by atoms with Crippen molar-refractivity contribution in [2.45, 2.75) is 31.3 Å². The molecule has 2 aliphatic rings. The lowest BCUT2D eigenvalue weighted by atomic mass is 10.0. The van der Waals surface area contributed by atoms with Crippen molar-refractivity contribution in [3.8, 4) is 0 Å². The minimum atomic E-state index is -0.541. The van der Waals surface area contributed by atoms with Gasteiger partial charge in [-0.3, -0.25) is 14.4 Å². The molecule has 3 N–H and O–H groups in total. The molecule has 6 heteroatoms. The molecule has 0 aromatic heterocycles. The van der Waals surface area contributed by atoms with Crippen LogP contribution in [0.1, 0.15) is 19.3 Å². The Balaban J connectivity index is 1.82. The van der Waals surface area contributed by atoms with Gasteiger partial charge in [-0.05, 0) is 19.4 Å². The Labute approximate surface area is 87.7 Å². The average molecular weight is 213 g/mol. The fourth-order valence-corrected chi connectivity index (χ4v) is 1.80. The number of hydroxylamine groups is 1. The first kappa shape index (κ1) is 10.4. The van der Waals surface area contributed by atoms with Crippen LogP contribution in [0.25, 0.3) is 0 Å². The van der Waals surface area contributed by atoms with Crippen LogP contribution in [0.3, 0.4) is 0 Å². The van der Waals surface area contributed by atoms with Crippen molar-refractivity contribution >= 4 is 11.8 Å². The second-order valence-electron chi connectivity index (χ2n) is 3.84. The van der Waals surface area contributed by atoms with Gasteiger partial charge in [-0.25, -0.2) is 5.48 Å². The zero-order valence-electron chi connectivity index (χ0n) is 8.41. The van der Waals surface area contributed by atoms with Crippen molar-refractivity contribution in [1.29, 1.82) is 0 Å². The Kier molecular flexibility index (Phi) is 3.17. The third kappa shape index (κ3) is 2.45. The molecule has 6 nitrogen and oxygen atoms in total. The summed E-state index contributed by atoms with van der Waals surface area (Å²) in [5.41, 5.74) is 2.20. The van der Waals surface area contributed by atoms with Crippen LogP contribution >= 0.6 is 0 Å². The number of amides is 2. The molecule has 2 fully saturated rings. The lowest BCUT2D eigenvalue weighted by molar-refractivity contribution is -0.129. The summed E-state index contributed by atoms with van der Waals surface area (Å²) in [5, 5.41) is 5.78. The largest absolute Gasteiger partial charge is 0.341 e. The lowest BCUT2D eigenvalue weighted by Gasteiger charge is -2.23. The van der Waals surface area contributed by atoms with Crippen LogP contribution in [-0.4, -0.2) is 37.0 Å². The summed E-state index contributed by atoms with van der Waals surface area (Å²) in [5.74, 6) is -0.389. The number of carbonyl (C=O) groups excluding carboxylic acids is 2. The second kappa shape index (κ2) is 4.59. The standard InChI is InChI=1S/C9H15N3O3/c13-8(6-3-1-2-4-10-6)11-7-5-15-12-9(7)14/h6-7,10H,1-5H2,(H,11,13)(H,12,14)/t6-,7-/m1/s1. The highest BCUT2D eigenvalue weighted by molar-refractivity contribution is 5.90. The van der Waals surface area contributed by atoms with Crippen LogP contribution in [0.2, 0.25) is 0 Å².